The smallest absolute Gasteiger partial charge is 0.226 e. The summed E-state index contributed by atoms with van der Waals surface area (Å²) in [6.07, 6.45) is 1.70. The molecule has 0 aliphatic heterocycles. The molecule has 1 aromatic carbocycles. The summed E-state index contributed by atoms with van der Waals surface area (Å²) >= 11 is 5.65. The quantitative estimate of drug-likeness (QED) is 0.594. The first kappa shape index (κ1) is 10.2. The van der Waals surface area contributed by atoms with Gasteiger partial charge in [-0.15, -0.1) is 0 Å². The van der Waals surface area contributed by atoms with Gasteiger partial charge in [-0.3, -0.25) is 0 Å². The molecule has 14 heavy (non-hydrogen) atoms. The van der Waals surface area contributed by atoms with Crippen LogP contribution in [0.5, 0.6) is 0 Å². The van der Waals surface area contributed by atoms with Crippen molar-refractivity contribution < 1.29 is 4.42 Å². The molecule has 4 heteroatoms. The van der Waals surface area contributed by atoms with E-state index in [9.17, 15) is 0 Å². The second-order valence-corrected chi connectivity index (χ2v) is 4.46. The molecule has 2 nitrogen and oxygen atoms in total. The number of hydrogen-bond donors (Lipinski definition) is 0. The highest BCUT2D eigenvalue weighted by Crippen LogP contribution is 2.21. The number of oxazole rings is 1. The molecule has 0 aliphatic rings. The fourth-order valence-corrected chi connectivity index (χ4v) is 1.71. The summed E-state index contributed by atoms with van der Waals surface area (Å²) in [5, 5.41) is 0. The summed E-state index contributed by atoms with van der Waals surface area (Å²) in [4.78, 5) is 4.34. The van der Waals surface area contributed by atoms with E-state index in [2.05, 4.69) is 43.5 Å². The predicted molar refractivity (Wildman–Crippen MR) is 67.4 cm³/mol. The maximum atomic E-state index is 5.35. The van der Waals surface area contributed by atoms with Crippen molar-refractivity contribution in [3.63, 3.8) is 0 Å². The zero-order valence-electron chi connectivity index (χ0n) is 7.21. The van der Waals surface area contributed by atoms with Crippen molar-refractivity contribution in [2.45, 2.75) is 4.43 Å². The monoisotopic (exact) mass is 363 g/mol. The van der Waals surface area contributed by atoms with Crippen molar-refractivity contribution in [1.29, 1.82) is 0 Å². The standard InChI is InChI=1S/C10H7BrINO/c11-8-3-1-7(2-4-8)10-13-9(5-12)6-14-10/h1-4,6H,5H2. The number of aromatic nitrogens is 1. The highest BCUT2D eigenvalue weighted by Gasteiger charge is 2.04. The molecule has 0 fully saturated rings. The van der Waals surface area contributed by atoms with E-state index in [1.807, 2.05) is 24.3 Å². The molecule has 0 saturated heterocycles. The lowest BCUT2D eigenvalue weighted by molar-refractivity contribution is 0.573. The molecule has 0 aliphatic carbocycles. The maximum absolute atomic E-state index is 5.35. The SMILES string of the molecule is Brc1ccc(-c2nc(CI)co2)cc1. The van der Waals surface area contributed by atoms with Gasteiger partial charge in [0.1, 0.15) is 6.26 Å². The average Bonchev–Trinajstić information content (AvgIpc) is 2.67. The first-order chi connectivity index (χ1) is 6.79. The van der Waals surface area contributed by atoms with E-state index in [1.54, 1.807) is 6.26 Å². The van der Waals surface area contributed by atoms with Gasteiger partial charge in [-0.25, -0.2) is 4.98 Å². The predicted octanol–water partition coefficient (Wildman–Crippen LogP) is 4.04. The van der Waals surface area contributed by atoms with Crippen LogP contribution >= 0.6 is 38.5 Å². The van der Waals surface area contributed by atoms with Crippen LogP contribution in [0.15, 0.2) is 39.4 Å². The number of alkyl halides is 1. The molecule has 0 atom stereocenters. The second kappa shape index (κ2) is 4.44. The second-order valence-electron chi connectivity index (χ2n) is 2.78. The van der Waals surface area contributed by atoms with Gasteiger partial charge in [-0.05, 0) is 24.3 Å². The third-order valence-electron chi connectivity index (χ3n) is 1.78. The van der Waals surface area contributed by atoms with Crippen LogP contribution in [0.4, 0.5) is 0 Å². The van der Waals surface area contributed by atoms with Gasteiger partial charge in [-0.2, -0.15) is 0 Å². The Balaban J connectivity index is 2.34. The Kier molecular flexibility index (Phi) is 3.22. The van der Waals surface area contributed by atoms with Crippen LogP contribution in [-0.2, 0) is 4.43 Å². The highest BCUT2D eigenvalue weighted by molar-refractivity contribution is 14.1. The minimum atomic E-state index is 0.684. The van der Waals surface area contributed by atoms with E-state index in [4.69, 9.17) is 4.42 Å². The largest absolute Gasteiger partial charge is 0.444 e. The van der Waals surface area contributed by atoms with Gasteiger partial charge in [0, 0.05) is 14.5 Å². The summed E-state index contributed by atoms with van der Waals surface area (Å²) in [5.74, 6) is 0.684. The molecule has 2 rings (SSSR count). The minimum absolute atomic E-state index is 0.684. The molecule has 0 radical (unpaired) electrons. The summed E-state index contributed by atoms with van der Waals surface area (Å²) < 4.78 is 7.28. The molecule has 0 saturated carbocycles. The van der Waals surface area contributed by atoms with Gasteiger partial charge >= 0.3 is 0 Å². The Bertz CT molecular complexity index is 424. The Morgan fingerprint density at radius 1 is 1.29 bits per heavy atom. The number of hydrogen-bond acceptors (Lipinski definition) is 2. The molecule has 0 spiro atoms. The molecule has 1 heterocycles. The number of nitrogens with zero attached hydrogens (tertiary/aromatic N) is 1. The number of benzene rings is 1. The highest BCUT2D eigenvalue weighted by atomic mass is 127. The van der Waals surface area contributed by atoms with Gasteiger partial charge in [0.05, 0.1) is 5.69 Å². The Morgan fingerprint density at radius 2 is 2.00 bits per heavy atom. The summed E-state index contributed by atoms with van der Waals surface area (Å²) in [5.41, 5.74) is 1.98. The van der Waals surface area contributed by atoms with E-state index >= 15 is 0 Å². The molecular formula is C10H7BrINO. The van der Waals surface area contributed by atoms with Gasteiger partial charge < -0.3 is 4.42 Å². The third-order valence-corrected chi connectivity index (χ3v) is 3.09. The Hall–Kier alpha value is -0.360. The van der Waals surface area contributed by atoms with Crippen LogP contribution in [0.2, 0.25) is 0 Å². The van der Waals surface area contributed by atoms with Gasteiger partial charge in [0.15, 0.2) is 0 Å². The van der Waals surface area contributed by atoms with E-state index in [1.165, 1.54) is 0 Å². The van der Waals surface area contributed by atoms with E-state index in [0.717, 1.165) is 20.2 Å². The molecule has 0 unspecified atom stereocenters. The van der Waals surface area contributed by atoms with E-state index < -0.39 is 0 Å². The maximum Gasteiger partial charge on any atom is 0.226 e. The lowest BCUT2D eigenvalue weighted by atomic mass is 10.2. The number of rotatable bonds is 2. The minimum Gasteiger partial charge on any atom is -0.444 e. The molecular weight excluding hydrogens is 357 g/mol. The third kappa shape index (κ3) is 2.17. The molecule has 2 aromatic rings. The van der Waals surface area contributed by atoms with Crippen molar-refractivity contribution in [1.82, 2.24) is 4.98 Å². The van der Waals surface area contributed by atoms with Crippen molar-refractivity contribution in [2.75, 3.05) is 0 Å². The first-order valence-corrected chi connectivity index (χ1v) is 6.38. The molecule has 72 valence electrons. The zero-order valence-corrected chi connectivity index (χ0v) is 10.9. The number of halogens is 2. The van der Waals surface area contributed by atoms with Gasteiger partial charge in [-0.1, -0.05) is 38.5 Å². The van der Waals surface area contributed by atoms with Crippen LogP contribution in [0.3, 0.4) is 0 Å². The van der Waals surface area contributed by atoms with Crippen LogP contribution < -0.4 is 0 Å². The fraction of sp³-hybridized carbons (Fsp3) is 0.100. The molecule has 0 amide bonds. The Morgan fingerprint density at radius 3 is 2.57 bits per heavy atom. The van der Waals surface area contributed by atoms with Crippen LogP contribution in [0.25, 0.3) is 11.5 Å². The van der Waals surface area contributed by atoms with Gasteiger partial charge in [0.2, 0.25) is 5.89 Å². The van der Waals surface area contributed by atoms with Crippen LogP contribution in [0.1, 0.15) is 5.69 Å². The normalized spacial score (nSPS) is 10.4. The zero-order chi connectivity index (χ0) is 9.97. The summed E-state index contributed by atoms with van der Waals surface area (Å²) in [7, 11) is 0. The van der Waals surface area contributed by atoms with Gasteiger partial charge in [0.25, 0.3) is 0 Å². The van der Waals surface area contributed by atoms with Crippen LogP contribution in [-0.4, -0.2) is 4.98 Å². The summed E-state index contributed by atoms with van der Waals surface area (Å²) in [6.45, 7) is 0. The van der Waals surface area contributed by atoms with Crippen molar-refractivity contribution >= 4 is 38.5 Å². The van der Waals surface area contributed by atoms with Crippen molar-refractivity contribution in [3.05, 3.63) is 40.7 Å². The van der Waals surface area contributed by atoms with Crippen molar-refractivity contribution in [3.8, 4) is 11.5 Å². The Labute approximate surface area is 104 Å². The molecule has 0 N–H and O–H groups in total. The van der Waals surface area contributed by atoms with E-state index in [-0.39, 0.29) is 0 Å². The van der Waals surface area contributed by atoms with E-state index in [0.29, 0.717) is 5.89 Å². The lowest BCUT2D eigenvalue weighted by Gasteiger charge is -1.94. The first-order valence-electron chi connectivity index (χ1n) is 4.06. The van der Waals surface area contributed by atoms with Crippen LogP contribution in [0, 0.1) is 0 Å². The topological polar surface area (TPSA) is 26.0 Å². The average molecular weight is 364 g/mol. The summed E-state index contributed by atoms with van der Waals surface area (Å²) in [6, 6.07) is 7.91. The molecule has 1 aromatic heterocycles. The molecule has 0 bridgehead atoms. The fourth-order valence-electron chi connectivity index (χ4n) is 1.09. The van der Waals surface area contributed by atoms with Crippen molar-refractivity contribution in [2.24, 2.45) is 0 Å². The lowest BCUT2D eigenvalue weighted by Crippen LogP contribution is -1.79.